The van der Waals surface area contributed by atoms with E-state index in [-0.39, 0.29) is 42.4 Å². The number of aromatic hydroxyl groups is 1. The number of carbonyl (C=O) groups excluding carboxylic acids is 3. The SMILES string of the molecule is Cc1ccc(N(C(=O)CCCC(=O)Nc2ccccn2)C(C(=O)NC2CCCC2)c2ccc(O)cc2)cc1. The van der Waals surface area contributed by atoms with Gasteiger partial charge in [0.15, 0.2) is 0 Å². The largest absolute Gasteiger partial charge is 0.508 e. The predicted molar refractivity (Wildman–Crippen MR) is 147 cm³/mol. The molecule has 1 heterocycles. The van der Waals surface area contributed by atoms with Crippen molar-refractivity contribution in [1.82, 2.24) is 10.3 Å². The predicted octanol–water partition coefficient (Wildman–Crippen LogP) is 5.04. The fraction of sp³-hybridized carbons (Fsp3) is 0.333. The van der Waals surface area contributed by atoms with Crippen LogP contribution < -0.4 is 15.5 Å². The van der Waals surface area contributed by atoms with E-state index in [1.54, 1.807) is 36.5 Å². The first-order valence-corrected chi connectivity index (χ1v) is 13.1. The van der Waals surface area contributed by atoms with Crippen molar-refractivity contribution in [2.75, 3.05) is 10.2 Å². The molecule has 1 aromatic heterocycles. The Morgan fingerprint density at radius 1 is 0.974 bits per heavy atom. The number of anilines is 2. The van der Waals surface area contributed by atoms with Crippen molar-refractivity contribution in [3.8, 4) is 5.75 Å². The van der Waals surface area contributed by atoms with E-state index in [1.165, 1.54) is 17.0 Å². The third-order valence-corrected chi connectivity index (χ3v) is 6.72. The maximum absolute atomic E-state index is 13.7. The fourth-order valence-electron chi connectivity index (χ4n) is 4.73. The van der Waals surface area contributed by atoms with E-state index in [4.69, 9.17) is 0 Å². The van der Waals surface area contributed by atoms with Gasteiger partial charge in [0.1, 0.15) is 17.6 Å². The van der Waals surface area contributed by atoms with Gasteiger partial charge in [-0.15, -0.1) is 0 Å². The van der Waals surface area contributed by atoms with Crippen LogP contribution in [0.2, 0.25) is 0 Å². The van der Waals surface area contributed by atoms with Crippen molar-refractivity contribution >= 4 is 29.2 Å². The quantitative estimate of drug-likeness (QED) is 0.351. The van der Waals surface area contributed by atoms with E-state index >= 15 is 0 Å². The number of carbonyl (C=O) groups is 3. The number of nitrogens with one attached hydrogen (secondary N) is 2. The van der Waals surface area contributed by atoms with Crippen molar-refractivity contribution in [3.63, 3.8) is 0 Å². The lowest BCUT2D eigenvalue weighted by Gasteiger charge is -2.32. The minimum absolute atomic E-state index is 0.0763. The maximum atomic E-state index is 13.7. The first kappa shape index (κ1) is 26.9. The number of nitrogens with zero attached hydrogens (tertiary/aromatic N) is 2. The van der Waals surface area contributed by atoms with Crippen LogP contribution in [-0.2, 0) is 14.4 Å². The fourth-order valence-corrected chi connectivity index (χ4v) is 4.73. The Hall–Kier alpha value is -4.20. The van der Waals surface area contributed by atoms with Crippen LogP contribution in [-0.4, -0.2) is 33.9 Å². The lowest BCUT2D eigenvalue weighted by molar-refractivity contribution is -0.127. The number of phenols is 1. The zero-order valence-electron chi connectivity index (χ0n) is 21.6. The summed E-state index contributed by atoms with van der Waals surface area (Å²) in [4.78, 5) is 45.5. The maximum Gasteiger partial charge on any atom is 0.248 e. The summed E-state index contributed by atoms with van der Waals surface area (Å²) in [6.07, 6.45) is 6.09. The molecule has 0 radical (unpaired) electrons. The minimum Gasteiger partial charge on any atom is -0.508 e. The molecule has 3 N–H and O–H groups in total. The summed E-state index contributed by atoms with van der Waals surface area (Å²) in [5.74, 6) is -0.215. The van der Waals surface area contributed by atoms with Gasteiger partial charge < -0.3 is 15.7 Å². The number of phenolic OH excluding ortho intramolecular Hbond substituents is 1. The van der Waals surface area contributed by atoms with E-state index in [9.17, 15) is 19.5 Å². The summed E-state index contributed by atoms with van der Waals surface area (Å²) < 4.78 is 0. The number of hydrogen-bond acceptors (Lipinski definition) is 5. The molecule has 1 saturated carbocycles. The summed E-state index contributed by atoms with van der Waals surface area (Å²) >= 11 is 0. The monoisotopic (exact) mass is 514 g/mol. The molecule has 198 valence electrons. The summed E-state index contributed by atoms with van der Waals surface area (Å²) in [5, 5.41) is 15.7. The number of pyridine rings is 1. The average Bonchev–Trinajstić information content (AvgIpc) is 3.42. The van der Waals surface area contributed by atoms with Gasteiger partial charge in [0.25, 0.3) is 0 Å². The first-order valence-electron chi connectivity index (χ1n) is 13.1. The highest BCUT2D eigenvalue weighted by molar-refractivity contribution is 6.01. The number of aromatic nitrogens is 1. The van der Waals surface area contributed by atoms with E-state index in [2.05, 4.69) is 15.6 Å². The Morgan fingerprint density at radius 3 is 2.34 bits per heavy atom. The van der Waals surface area contributed by atoms with Crippen molar-refractivity contribution in [2.24, 2.45) is 0 Å². The molecule has 3 aromatic rings. The van der Waals surface area contributed by atoms with Crippen LogP contribution in [0, 0.1) is 6.92 Å². The summed E-state index contributed by atoms with van der Waals surface area (Å²) in [7, 11) is 0. The molecule has 8 heteroatoms. The summed E-state index contributed by atoms with van der Waals surface area (Å²) in [6, 6.07) is 18.2. The highest BCUT2D eigenvalue weighted by Crippen LogP contribution is 2.31. The molecule has 8 nitrogen and oxygen atoms in total. The Kier molecular flexibility index (Phi) is 9.08. The van der Waals surface area contributed by atoms with Gasteiger partial charge in [-0.05, 0) is 68.1 Å². The molecule has 4 rings (SSSR count). The van der Waals surface area contributed by atoms with E-state index in [0.717, 1.165) is 31.2 Å². The van der Waals surface area contributed by atoms with Crippen molar-refractivity contribution in [1.29, 1.82) is 0 Å². The topological polar surface area (TPSA) is 112 Å². The highest BCUT2D eigenvalue weighted by atomic mass is 16.3. The molecule has 0 aliphatic heterocycles. The number of hydrogen-bond donors (Lipinski definition) is 3. The molecule has 1 aliphatic rings. The van der Waals surface area contributed by atoms with E-state index in [1.807, 2.05) is 31.2 Å². The zero-order chi connectivity index (χ0) is 26.9. The number of amides is 3. The van der Waals surface area contributed by atoms with Crippen LogP contribution >= 0.6 is 0 Å². The number of benzene rings is 2. The molecule has 0 bridgehead atoms. The molecular weight excluding hydrogens is 480 g/mol. The second-order valence-corrected chi connectivity index (χ2v) is 9.70. The Labute approximate surface area is 223 Å². The smallest absolute Gasteiger partial charge is 0.248 e. The summed E-state index contributed by atoms with van der Waals surface area (Å²) in [6.45, 7) is 1.96. The van der Waals surface area contributed by atoms with Crippen LogP contribution in [0.4, 0.5) is 11.5 Å². The van der Waals surface area contributed by atoms with Crippen LogP contribution in [0.15, 0.2) is 72.9 Å². The van der Waals surface area contributed by atoms with Gasteiger partial charge in [-0.25, -0.2) is 4.98 Å². The van der Waals surface area contributed by atoms with E-state index in [0.29, 0.717) is 23.5 Å². The molecule has 1 aliphatic carbocycles. The summed E-state index contributed by atoms with van der Waals surface area (Å²) in [5.41, 5.74) is 2.22. The Bertz CT molecular complexity index is 1220. The van der Waals surface area contributed by atoms with Gasteiger partial charge >= 0.3 is 0 Å². The minimum atomic E-state index is -0.922. The van der Waals surface area contributed by atoms with Gasteiger partial charge in [-0.3, -0.25) is 19.3 Å². The highest BCUT2D eigenvalue weighted by Gasteiger charge is 2.34. The van der Waals surface area contributed by atoms with Crippen molar-refractivity contribution < 1.29 is 19.5 Å². The molecule has 38 heavy (non-hydrogen) atoms. The molecule has 1 atom stereocenters. The van der Waals surface area contributed by atoms with Gasteiger partial charge in [0.05, 0.1) is 0 Å². The second-order valence-electron chi connectivity index (χ2n) is 9.70. The number of rotatable bonds is 10. The molecule has 0 spiro atoms. The normalized spacial score (nSPS) is 14.0. The third kappa shape index (κ3) is 7.18. The Balaban J connectivity index is 1.56. The van der Waals surface area contributed by atoms with Crippen LogP contribution in [0.3, 0.4) is 0 Å². The Morgan fingerprint density at radius 2 is 1.68 bits per heavy atom. The van der Waals surface area contributed by atoms with Crippen LogP contribution in [0.1, 0.15) is 62.1 Å². The molecular formula is C30H34N4O4. The van der Waals surface area contributed by atoms with Gasteiger partial charge in [0.2, 0.25) is 17.7 Å². The average molecular weight is 515 g/mol. The number of aryl methyl sites for hydroxylation is 1. The van der Waals surface area contributed by atoms with Gasteiger partial charge in [-0.1, -0.05) is 48.7 Å². The van der Waals surface area contributed by atoms with Crippen molar-refractivity contribution in [3.05, 3.63) is 84.1 Å². The lowest BCUT2D eigenvalue weighted by Crippen LogP contribution is -2.46. The lowest BCUT2D eigenvalue weighted by atomic mass is 10.0. The molecule has 3 amide bonds. The van der Waals surface area contributed by atoms with Gasteiger partial charge in [-0.2, -0.15) is 0 Å². The molecule has 1 fully saturated rings. The van der Waals surface area contributed by atoms with Crippen LogP contribution in [0.5, 0.6) is 5.75 Å². The molecule has 1 unspecified atom stereocenters. The van der Waals surface area contributed by atoms with E-state index < -0.39 is 6.04 Å². The molecule has 0 saturated heterocycles. The van der Waals surface area contributed by atoms with Crippen molar-refractivity contribution in [2.45, 2.75) is 64.0 Å². The molecule has 2 aromatic carbocycles. The standard InChI is InChI=1S/C30H34N4O4/c1-21-12-16-24(17-13-21)34(28(37)11-6-10-27(36)33-26-9-4-5-20-31-26)29(22-14-18-25(35)19-15-22)30(38)32-23-7-2-3-8-23/h4-5,9,12-20,23,29,35H,2-3,6-8,10-11H2,1H3,(H,32,38)(H,31,33,36). The van der Waals surface area contributed by atoms with Crippen LogP contribution in [0.25, 0.3) is 0 Å². The second kappa shape index (κ2) is 12.9. The third-order valence-electron chi connectivity index (χ3n) is 6.72. The first-order chi connectivity index (χ1) is 18.4. The zero-order valence-corrected chi connectivity index (χ0v) is 21.6. The van der Waals surface area contributed by atoms with Gasteiger partial charge in [0, 0.05) is 30.8 Å².